The molecule has 0 bridgehead atoms. The zero-order valence-electron chi connectivity index (χ0n) is 23.2. The third kappa shape index (κ3) is 28.5. The molecule has 0 spiro atoms. The van der Waals surface area contributed by atoms with Gasteiger partial charge in [0.2, 0.25) is 0 Å². The van der Waals surface area contributed by atoms with Gasteiger partial charge in [0.15, 0.2) is 0 Å². The fraction of sp³-hybridized carbons (Fsp3) is 1.00. The summed E-state index contributed by atoms with van der Waals surface area (Å²) in [6.07, 6.45) is 35.0. The van der Waals surface area contributed by atoms with Crippen LogP contribution in [0.25, 0.3) is 0 Å². The SMILES string of the molecule is CCCCCCCCCCCCCC[N+](C)(C)CCCCCCCCCCCCCC.[Br-]. The Bertz CT molecular complexity index is 299. The zero-order valence-corrected chi connectivity index (χ0v) is 24.8. The first-order chi connectivity index (χ1) is 15.1. The molecular formula is C30H64BrN. The molecule has 0 rings (SSSR count). The van der Waals surface area contributed by atoms with Crippen molar-refractivity contribution in [1.29, 1.82) is 0 Å². The third-order valence-corrected chi connectivity index (χ3v) is 7.23. The molecule has 0 aromatic heterocycles. The van der Waals surface area contributed by atoms with Crippen molar-refractivity contribution in [3.8, 4) is 0 Å². The van der Waals surface area contributed by atoms with Crippen LogP contribution in [0.15, 0.2) is 0 Å². The van der Waals surface area contributed by atoms with Crippen molar-refractivity contribution in [2.45, 2.75) is 168 Å². The van der Waals surface area contributed by atoms with Crippen molar-refractivity contribution in [3.05, 3.63) is 0 Å². The average molecular weight is 519 g/mol. The molecule has 0 saturated carbocycles. The van der Waals surface area contributed by atoms with E-state index in [2.05, 4.69) is 27.9 Å². The van der Waals surface area contributed by atoms with Gasteiger partial charge in [0.25, 0.3) is 0 Å². The van der Waals surface area contributed by atoms with E-state index in [1.165, 1.54) is 172 Å². The van der Waals surface area contributed by atoms with Crippen molar-refractivity contribution < 1.29 is 21.5 Å². The van der Waals surface area contributed by atoms with Crippen molar-refractivity contribution in [2.24, 2.45) is 0 Å². The van der Waals surface area contributed by atoms with E-state index in [-0.39, 0.29) is 17.0 Å². The number of nitrogens with zero attached hydrogens (tertiary/aromatic N) is 1. The van der Waals surface area contributed by atoms with Gasteiger partial charge < -0.3 is 21.5 Å². The van der Waals surface area contributed by atoms with E-state index in [1.807, 2.05) is 0 Å². The predicted molar refractivity (Wildman–Crippen MR) is 144 cm³/mol. The van der Waals surface area contributed by atoms with Crippen LogP contribution in [-0.4, -0.2) is 31.7 Å². The standard InChI is InChI=1S/C30H64N.BrH/c1-5-7-9-11-13-15-17-19-21-23-25-27-29-31(3,4)30-28-26-24-22-20-18-16-14-12-10-8-6-2;/h5-30H2,1-4H3;1H/q+1;/p-1. The molecule has 0 radical (unpaired) electrons. The summed E-state index contributed by atoms with van der Waals surface area (Å²) in [5.41, 5.74) is 0. The molecule has 0 aromatic carbocycles. The first-order valence-corrected chi connectivity index (χ1v) is 14.9. The number of halogens is 1. The van der Waals surface area contributed by atoms with Crippen molar-refractivity contribution in [3.63, 3.8) is 0 Å². The highest BCUT2D eigenvalue weighted by molar-refractivity contribution is 4.50. The zero-order chi connectivity index (χ0) is 22.9. The van der Waals surface area contributed by atoms with Crippen molar-refractivity contribution in [1.82, 2.24) is 0 Å². The molecule has 32 heavy (non-hydrogen) atoms. The van der Waals surface area contributed by atoms with E-state index in [9.17, 15) is 0 Å². The number of quaternary nitrogens is 1. The summed E-state index contributed by atoms with van der Waals surface area (Å²) in [6.45, 7) is 7.38. The Kier molecular flexibility index (Phi) is 29.9. The molecular weight excluding hydrogens is 454 g/mol. The lowest BCUT2D eigenvalue weighted by Gasteiger charge is -2.30. The smallest absolute Gasteiger partial charge is 0.0782 e. The molecule has 196 valence electrons. The van der Waals surface area contributed by atoms with Gasteiger partial charge in [-0.05, 0) is 25.7 Å². The van der Waals surface area contributed by atoms with Crippen LogP contribution in [0.2, 0.25) is 0 Å². The molecule has 0 amide bonds. The number of rotatable bonds is 26. The van der Waals surface area contributed by atoms with Gasteiger partial charge in [0.05, 0.1) is 27.2 Å². The van der Waals surface area contributed by atoms with Gasteiger partial charge >= 0.3 is 0 Å². The maximum atomic E-state index is 2.46. The van der Waals surface area contributed by atoms with E-state index in [4.69, 9.17) is 0 Å². The minimum absolute atomic E-state index is 0. The van der Waals surface area contributed by atoms with Crippen LogP contribution < -0.4 is 17.0 Å². The number of hydrogen-bond donors (Lipinski definition) is 0. The highest BCUT2D eigenvalue weighted by atomic mass is 79.9. The molecule has 0 N–H and O–H groups in total. The van der Waals surface area contributed by atoms with E-state index in [0.29, 0.717) is 0 Å². The second kappa shape index (κ2) is 27.7. The quantitative estimate of drug-likeness (QED) is 0.0823. The van der Waals surface area contributed by atoms with Crippen LogP contribution >= 0.6 is 0 Å². The Balaban J connectivity index is 0. The lowest BCUT2D eigenvalue weighted by molar-refractivity contribution is -0.890. The molecule has 0 aromatic rings. The summed E-state index contributed by atoms with van der Waals surface area (Å²) in [5, 5.41) is 0. The normalized spacial score (nSPS) is 11.6. The predicted octanol–water partition coefficient (Wildman–Crippen LogP) is 7.47. The molecule has 0 atom stereocenters. The second-order valence-electron chi connectivity index (χ2n) is 11.2. The average Bonchev–Trinajstić information content (AvgIpc) is 2.75. The van der Waals surface area contributed by atoms with Crippen LogP contribution in [0.5, 0.6) is 0 Å². The van der Waals surface area contributed by atoms with Gasteiger partial charge in [-0.15, -0.1) is 0 Å². The van der Waals surface area contributed by atoms with E-state index in [0.717, 1.165) is 0 Å². The lowest BCUT2D eigenvalue weighted by atomic mass is 10.0. The van der Waals surface area contributed by atoms with E-state index < -0.39 is 0 Å². The van der Waals surface area contributed by atoms with Crippen molar-refractivity contribution in [2.75, 3.05) is 27.2 Å². The molecule has 0 aliphatic carbocycles. The molecule has 0 heterocycles. The third-order valence-electron chi connectivity index (χ3n) is 7.23. The van der Waals surface area contributed by atoms with Crippen LogP contribution in [0.3, 0.4) is 0 Å². The van der Waals surface area contributed by atoms with Gasteiger partial charge in [-0.25, -0.2) is 0 Å². The number of unbranched alkanes of at least 4 members (excludes halogenated alkanes) is 22. The summed E-state index contributed by atoms with van der Waals surface area (Å²) in [4.78, 5) is 0. The highest BCUT2D eigenvalue weighted by Crippen LogP contribution is 2.15. The van der Waals surface area contributed by atoms with E-state index in [1.54, 1.807) is 0 Å². The fourth-order valence-corrected chi connectivity index (χ4v) is 4.87. The van der Waals surface area contributed by atoms with E-state index >= 15 is 0 Å². The topological polar surface area (TPSA) is 0 Å². The molecule has 0 aliphatic rings. The van der Waals surface area contributed by atoms with Crippen LogP contribution in [0.4, 0.5) is 0 Å². The minimum Gasteiger partial charge on any atom is -1.00 e. The molecule has 0 aliphatic heterocycles. The van der Waals surface area contributed by atoms with Gasteiger partial charge in [0.1, 0.15) is 0 Å². The van der Waals surface area contributed by atoms with Gasteiger partial charge in [-0.2, -0.15) is 0 Å². The van der Waals surface area contributed by atoms with Crippen LogP contribution in [0, 0.1) is 0 Å². The largest absolute Gasteiger partial charge is 1.00 e. The Hall–Kier alpha value is 0.440. The molecule has 0 saturated heterocycles. The summed E-state index contributed by atoms with van der Waals surface area (Å²) >= 11 is 0. The Morgan fingerprint density at radius 1 is 0.312 bits per heavy atom. The Morgan fingerprint density at radius 2 is 0.500 bits per heavy atom. The van der Waals surface area contributed by atoms with Gasteiger partial charge in [-0.1, -0.05) is 142 Å². The number of hydrogen-bond acceptors (Lipinski definition) is 0. The summed E-state index contributed by atoms with van der Waals surface area (Å²) in [5.74, 6) is 0. The first-order valence-electron chi connectivity index (χ1n) is 14.9. The van der Waals surface area contributed by atoms with Crippen LogP contribution in [-0.2, 0) is 0 Å². The first kappa shape index (κ1) is 34.6. The fourth-order valence-electron chi connectivity index (χ4n) is 4.87. The van der Waals surface area contributed by atoms with Crippen LogP contribution in [0.1, 0.15) is 168 Å². The van der Waals surface area contributed by atoms with Gasteiger partial charge in [0, 0.05) is 0 Å². The molecule has 0 unspecified atom stereocenters. The molecule has 1 nitrogen and oxygen atoms in total. The summed E-state index contributed by atoms with van der Waals surface area (Å²) in [6, 6.07) is 0. The summed E-state index contributed by atoms with van der Waals surface area (Å²) < 4.78 is 1.25. The maximum absolute atomic E-state index is 2.46. The summed E-state index contributed by atoms with van der Waals surface area (Å²) in [7, 11) is 4.91. The molecule has 2 heteroatoms. The second-order valence-corrected chi connectivity index (χ2v) is 11.2. The molecule has 0 fully saturated rings. The van der Waals surface area contributed by atoms with Gasteiger partial charge in [-0.3, -0.25) is 0 Å². The highest BCUT2D eigenvalue weighted by Gasteiger charge is 2.13. The minimum atomic E-state index is 0. The Labute approximate surface area is 216 Å². The maximum Gasteiger partial charge on any atom is 0.0782 e. The monoisotopic (exact) mass is 517 g/mol. The Morgan fingerprint density at radius 3 is 0.719 bits per heavy atom. The lowest BCUT2D eigenvalue weighted by Crippen LogP contribution is -3.00. The van der Waals surface area contributed by atoms with Crippen molar-refractivity contribution >= 4 is 0 Å².